The highest BCUT2D eigenvalue weighted by Crippen LogP contribution is 2.30. The molecule has 0 unspecified atom stereocenters. The molecular formula is C14H23N3O. The number of hydrogen-bond acceptors (Lipinski definition) is 4. The Hall–Kier alpha value is -1.29. The normalized spacial score (nSPS) is 18.3. The lowest BCUT2D eigenvalue weighted by atomic mass is 9.81. The monoisotopic (exact) mass is 249 g/mol. The van der Waals surface area contributed by atoms with E-state index in [9.17, 15) is 0 Å². The third-order valence-electron chi connectivity index (χ3n) is 3.61. The molecule has 3 N–H and O–H groups in total. The summed E-state index contributed by atoms with van der Waals surface area (Å²) in [6, 6.07) is 5.83. The summed E-state index contributed by atoms with van der Waals surface area (Å²) in [5, 5.41) is 3.53. The summed E-state index contributed by atoms with van der Waals surface area (Å²) in [6.07, 6.45) is 6.06. The molecule has 1 aromatic heterocycles. The van der Waals surface area contributed by atoms with E-state index in [0.717, 1.165) is 18.7 Å². The quantitative estimate of drug-likeness (QED) is 0.842. The molecule has 2 rings (SSSR count). The lowest BCUT2D eigenvalue weighted by Gasteiger charge is -2.37. The van der Waals surface area contributed by atoms with Crippen molar-refractivity contribution >= 4 is 5.82 Å². The zero-order valence-electron chi connectivity index (χ0n) is 11.1. The van der Waals surface area contributed by atoms with E-state index >= 15 is 0 Å². The second kappa shape index (κ2) is 6.05. The fraction of sp³-hybridized carbons (Fsp3) is 0.643. The molecule has 1 fully saturated rings. The number of nitrogens with one attached hydrogen (secondary N) is 1. The van der Waals surface area contributed by atoms with Crippen LogP contribution in [0.15, 0.2) is 18.2 Å². The summed E-state index contributed by atoms with van der Waals surface area (Å²) in [5.41, 5.74) is 5.99. The van der Waals surface area contributed by atoms with Crippen molar-refractivity contribution in [3.63, 3.8) is 0 Å². The molecule has 0 atom stereocenters. The molecular weight excluding hydrogens is 226 g/mol. The van der Waals surface area contributed by atoms with Crippen molar-refractivity contribution in [3.05, 3.63) is 18.2 Å². The Balaban J connectivity index is 2.08. The van der Waals surface area contributed by atoms with E-state index in [1.54, 1.807) is 0 Å². The van der Waals surface area contributed by atoms with Gasteiger partial charge in [-0.3, -0.25) is 0 Å². The minimum absolute atomic E-state index is 0.0239. The maximum Gasteiger partial charge on any atom is 0.215 e. The van der Waals surface area contributed by atoms with Crippen LogP contribution in [0.25, 0.3) is 0 Å². The van der Waals surface area contributed by atoms with Crippen LogP contribution >= 0.6 is 0 Å². The fourth-order valence-corrected chi connectivity index (χ4v) is 2.59. The molecule has 0 radical (unpaired) electrons. The maximum atomic E-state index is 5.96. The van der Waals surface area contributed by atoms with E-state index in [2.05, 4.69) is 10.3 Å². The van der Waals surface area contributed by atoms with Crippen LogP contribution in [0, 0.1) is 0 Å². The number of pyridine rings is 1. The van der Waals surface area contributed by atoms with E-state index in [1.807, 2.05) is 25.1 Å². The molecule has 0 aliphatic heterocycles. The van der Waals surface area contributed by atoms with Crippen molar-refractivity contribution in [2.45, 2.75) is 44.6 Å². The third kappa shape index (κ3) is 3.13. The van der Waals surface area contributed by atoms with Gasteiger partial charge in [0.2, 0.25) is 5.88 Å². The SMILES string of the molecule is CCOc1cccc(NC2(CN)CCCCC2)n1. The van der Waals surface area contributed by atoms with Gasteiger partial charge in [0.25, 0.3) is 0 Å². The highest BCUT2D eigenvalue weighted by molar-refractivity contribution is 5.40. The Morgan fingerprint density at radius 3 is 2.78 bits per heavy atom. The van der Waals surface area contributed by atoms with Gasteiger partial charge in [-0.05, 0) is 25.8 Å². The molecule has 18 heavy (non-hydrogen) atoms. The Labute approximate surface area is 109 Å². The second-order valence-corrected chi connectivity index (χ2v) is 4.96. The molecule has 1 aliphatic carbocycles. The first-order valence-electron chi connectivity index (χ1n) is 6.86. The first-order chi connectivity index (χ1) is 8.78. The summed E-state index contributed by atoms with van der Waals surface area (Å²) < 4.78 is 5.42. The van der Waals surface area contributed by atoms with Gasteiger partial charge in [-0.1, -0.05) is 25.3 Å². The number of anilines is 1. The molecule has 4 nitrogen and oxygen atoms in total. The van der Waals surface area contributed by atoms with Crippen molar-refractivity contribution < 1.29 is 4.74 Å². The number of hydrogen-bond donors (Lipinski definition) is 2. The average molecular weight is 249 g/mol. The first kappa shape index (κ1) is 13.1. The molecule has 1 saturated carbocycles. The number of nitrogens with zero attached hydrogens (tertiary/aromatic N) is 1. The van der Waals surface area contributed by atoms with Crippen LogP contribution in [0.4, 0.5) is 5.82 Å². The standard InChI is InChI=1S/C14H23N3O/c1-2-18-13-8-6-7-12(16-13)17-14(11-15)9-4-3-5-10-14/h6-8H,2-5,9-11,15H2,1H3,(H,16,17). The number of nitrogens with two attached hydrogens (primary N) is 1. The number of aromatic nitrogens is 1. The van der Waals surface area contributed by atoms with Gasteiger partial charge in [-0.2, -0.15) is 4.98 Å². The summed E-state index contributed by atoms with van der Waals surface area (Å²) in [4.78, 5) is 4.46. The highest BCUT2D eigenvalue weighted by Gasteiger charge is 2.30. The molecule has 1 heterocycles. The average Bonchev–Trinajstić information content (AvgIpc) is 2.41. The zero-order valence-corrected chi connectivity index (χ0v) is 11.1. The van der Waals surface area contributed by atoms with E-state index in [-0.39, 0.29) is 5.54 Å². The number of rotatable bonds is 5. The molecule has 0 spiro atoms. The number of ether oxygens (including phenoxy) is 1. The van der Waals surface area contributed by atoms with Gasteiger partial charge in [0.15, 0.2) is 0 Å². The summed E-state index contributed by atoms with van der Waals surface area (Å²) in [5.74, 6) is 1.54. The maximum absolute atomic E-state index is 5.96. The van der Waals surface area contributed by atoms with E-state index in [0.29, 0.717) is 19.0 Å². The highest BCUT2D eigenvalue weighted by atomic mass is 16.5. The first-order valence-corrected chi connectivity index (χ1v) is 6.86. The van der Waals surface area contributed by atoms with Crippen molar-refractivity contribution in [1.82, 2.24) is 4.98 Å². The molecule has 0 bridgehead atoms. The Morgan fingerprint density at radius 1 is 1.33 bits per heavy atom. The van der Waals surface area contributed by atoms with Crippen molar-refractivity contribution in [1.29, 1.82) is 0 Å². The fourth-order valence-electron chi connectivity index (χ4n) is 2.59. The zero-order chi connectivity index (χ0) is 12.8. The largest absolute Gasteiger partial charge is 0.478 e. The van der Waals surface area contributed by atoms with Crippen LogP contribution < -0.4 is 15.8 Å². The van der Waals surface area contributed by atoms with Crippen LogP contribution in [-0.4, -0.2) is 23.7 Å². The predicted molar refractivity (Wildman–Crippen MR) is 73.9 cm³/mol. The Kier molecular flexibility index (Phi) is 4.42. The van der Waals surface area contributed by atoms with Gasteiger partial charge in [0.05, 0.1) is 12.1 Å². The van der Waals surface area contributed by atoms with E-state index in [4.69, 9.17) is 10.5 Å². The van der Waals surface area contributed by atoms with E-state index < -0.39 is 0 Å². The van der Waals surface area contributed by atoms with Gasteiger partial charge in [0, 0.05) is 12.6 Å². The van der Waals surface area contributed by atoms with Crippen molar-refractivity contribution in [2.24, 2.45) is 5.73 Å². The third-order valence-corrected chi connectivity index (χ3v) is 3.61. The molecule has 1 aliphatic rings. The molecule has 1 aromatic rings. The lowest BCUT2D eigenvalue weighted by molar-refractivity contribution is 0.321. The summed E-state index contributed by atoms with van der Waals surface area (Å²) in [6.45, 7) is 3.26. The second-order valence-electron chi connectivity index (χ2n) is 4.96. The minimum Gasteiger partial charge on any atom is -0.478 e. The van der Waals surface area contributed by atoms with Crippen LogP contribution in [-0.2, 0) is 0 Å². The predicted octanol–water partition coefficient (Wildman–Crippen LogP) is 2.55. The van der Waals surface area contributed by atoms with Crippen molar-refractivity contribution in [3.8, 4) is 5.88 Å². The minimum atomic E-state index is 0.0239. The van der Waals surface area contributed by atoms with Gasteiger partial charge >= 0.3 is 0 Å². The lowest BCUT2D eigenvalue weighted by Crippen LogP contribution is -2.47. The van der Waals surface area contributed by atoms with Gasteiger partial charge in [-0.25, -0.2) is 0 Å². The van der Waals surface area contributed by atoms with Gasteiger partial charge in [-0.15, -0.1) is 0 Å². The molecule has 0 aromatic carbocycles. The smallest absolute Gasteiger partial charge is 0.215 e. The van der Waals surface area contributed by atoms with Crippen LogP contribution in [0.2, 0.25) is 0 Å². The molecule has 0 saturated heterocycles. The van der Waals surface area contributed by atoms with Crippen molar-refractivity contribution in [2.75, 3.05) is 18.5 Å². The Bertz CT molecular complexity index is 375. The van der Waals surface area contributed by atoms with Gasteiger partial charge < -0.3 is 15.8 Å². The van der Waals surface area contributed by atoms with E-state index in [1.165, 1.54) is 19.3 Å². The molecule has 4 heteroatoms. The summed E-state index contributed by atoms with van der Waals surface area (Å²) >= 11 is 0. The van der Waals surface area contributed by atoms with Gasteiger partial charge in [0.1, 0.15) is 5.82 Å². The van der Waals surface area contributed by atoms with Crippen LogP contribution in [0.1, 0.15) is 39.0 Å². The molecule has 100 valence electrons. The molecule has 0 amide bonds. The Morgan fingerprint density at radius 2 is 2.11 bits per heavy atom. The topological polar surface area (TPSA) is 60.2 Å². The van der Waals surface area contributed by atoms with Crippen LogP contribution in [0.3, 0.4) is 0 Å². The van der Waals surface area contributed by atoms with Crippen LogP contribution in [0.5, 0.6) is 5.88 Å². The summed E-state index contributed by atoms with van der Waals surface area (Å²) in [7, 11) is 0.